The van der Waals surface area contributed by atoms with Gasteiger partial charge in [-0.2, -0.15) is 0 Å². The van der Waals surface area contributed by atoms with Gasteiger partial charge in [0.25, 0.3) is 0 Å². The summed E-state index contributed by atoms with van der Waals surface area (Å²) in [6.07, 6.45) is 0. The molecule has 0 aliphatic rings. The molecule has 0 saturated carbocycles. The van der Waals surface area contributed by atoms with Crippen molar-refractivity contribution in [3.63, 3.8) is 0 Å². The fraction of sp³-hybridized carbons (Fsp3) is 0.250. The summed E-state index contributed by atoms with van der Waals surface area (Å²) in [5.74, 6) is -2.55. The number of hydrogen-bond acceptors (Lipinski definition) is 3. The summed E-state index contributed by atoms with van der Waals surface area (Å²) >= 11 is 3.31. The summed E-state index contributed by atoms with van der Waals surface area (Å²) in [5, 5.41) is 19.8. The average molecular weight is 345 g/mol. The number of carbonyl (C=O) groups excluding carboxylic acids is 1. The molecule has 2 amide bonds. The molecule has 7 nitrogen and oxygen atoms in total. The minimum Gasteiger partial charge on any atom is -0.480 e. The molecule has 3 N–H and O–H groups in total. The van der Waals surface area contributed by atoms with Gasteiger partial charge in [0, 0.05) is 11.0 Å². The first-order chi connectivity index (χ1) is 9.40. The van der Waals surface area contributed by atoms with Crippen LogP contribution in [0.25, 0.3) is 0 Å². The summed E-state index contributed by atoms with van der Waals surface area (Å²) in [7, 11) is 0. The number of halogens is 1. The SMILES string of the molecule is O=C(O)CN(CC(=O)O)C(=O)NCc1ccccc1Br. The third-order valence-electron chi connectivity index (χ3n) is 2.33. The summed E-state index contributed by atoms with van der Waals surface area (Å²) < 4.78 is 0.795. The Morgan fingerprint density at radius 2 is 1.65 bits per heavy atom. The summed E-state index contributed by atoms with van der Waals surface area (Å²) in [6.45, 7) is -1.18. The molecule has 8 heteroatoms. The summed E-state index contributed by atoms with van der Waals surface area (Å²) in [6, 6.07) is 6.44. The van der Waals surface area contributed by atoms with Crippen LogP contribution in [-0.2, 0) is 16.1 Å². The zero-order valence-corrected chi connectivity index (χ0v) is 12.0. The fourth-order valence-corrected chi connectivity index (χ4v) is 1.88. The molecule has 0 aromatic heterocycles. The molecule has 0 fully saturated rings. The molecule has 0 spiro atoms. The number of nitrogens with one attached hydrogen (secondary N) is 1. The number of carboxylic acid groups (broad SMARTS) is 2. The lowest BCUT2D eigenvalue weighted by molar-refractivity contribution is -0.140. The second kappa shape index (κ2) is 7.49. The lowest BCUT2D eigenvalue weighted by atomic mass is 10.2. The van der Waals surface area contributed by atoms with Gasteiger partial charge in [-0.3, -0.25) is 9.59 Å². The van der Waals surface area contributed by atoms with E-state index >= 15 is 0 Å². The maximum Gasteiger partial charge on any atom is 0.323 e. The molecular formula is C12H13BrN2O5. The van der Waals surface area contributed by atoms with Crippen LogP contribution in [0.1, 0.15) is 5.56 Å². The van der Waals surface area contributed by atoms with Gasteiger partial charge < -0.3 is 20.4 Å². The van der Waals surface area contributed by atoms with Gasteiger partial charge in [-0.25, -0.2) is 4.79 Å². The Balaban J connectivity index is 2.64. The van der Waals surface area contributed by atoms with E-state index in [4.69, 9.17) is 10.2 Å². The minimum atomic E-state index is -1.28. The largest absolute Gasteiger partial charge is 0.480 e. The second-order valence-electron chi connectivity index (χ2n) is 3.89. The van der Waals surface area contributed by atoms with E-state index in [9.17, 15) is 14.4 Å². The molecule has 108 valence electrons. The van der Waals surface area contributed by atoms with E-state index in [0.29, 0.717) is 4.90 Å². The molecule has 20 heavy (non-hydrogen) atoms. The topological polar surface area (TPSA) is 107 Å². The number of carbonyl (C=O) groups is 3. The van der Waals surface area contributed by atoms with Crippen LogP contribution < -0.4 is 5.32 Å². The summed E-state index contributed by atoms with van der Waals surface area (Å²) in [4.78, 5) is 33.7. The molecule has 0 aliphatic heterocycles. The van der Waals surface area contributed by atoms with Gasteiger partial charge in [0.05, 0.1) is 0 Å². The third kappa shape index (κ3) is 5.27. The Hall–Kier alpha value is -2.09. The number of hydrogen-bond donors (Lipinski definition) is 3. The van der Waals surface area contributed by atoms with Crippen LogP contribution in [0.5, 0.6) is 0 Å². The van der Waals surface area contributed by atoms with Crippen molar-refractivity contribution >= 4 is 33.9 Å². The monoisotopic (exact) mass is 344 g/mol. The van der Waals surface area contributed by atoms with Crippen molar-refractivity contribution in [3.05, 3.63) is 34.3 Å². The van der Waals surface area contributed by atoms with E-state index in [2.05, 4.69) is 21.2 Å². The lowest BCUT2D eigenvalue weighted by Gasteiger charge is -2.19. The molecule has 0 aliphatic carbocycles. The van der Waals surface area contributed by atoms with Crippen molar-refractivity contribution in [2.75, 3.05) is 13.1 Å². The predicted molar refractivity (Wildman–Crippen MR) is 73.2 cm³/mol. The molecule has 0 saturated heterocycles. The maximum absolute atomic E-state index is 11.8. The van der Waals surface area contributed by atoms with E-state index in [0.717, 1.165) is 10.0 Å². The van der Waals surface area contributed by atoms with E-state index < -0.39 is 31.1 Å². The number of aliphatic carboxylic acids is 2. The minimum absolute atomic E-state index is 0.163. The van der Waals surface area contributed by atoms with Crippen LogP contribution in [0.2, 0.25) is 0 Å². The van der Waals surface area contributed by atoms with Gasteiger partial charge in [-0.05, 0) is 11.6 Å². The van der Waals surface area contributed by atoms with Crippen molar-refractivity contribution in [3.8, 4) is 0 Å². The molecule has 0 unspecified atom stereocenters. The number of carboxylic acids is 2. The second-order valence-corrected chi connectivity index (χ2v) is 4.75. The first-order valence-corrected chi connectivity index (χ1v) is 6.39. The number of urea groups is 1. The standard InChI is InChI=1S/C12H13BrN2O5/c13-9-4-2-1-3-8(9)5-14-12(20)15(6-10(16)17)7-11(18)19/h1-4H,5-7H2,(H,14,20)(H,16,17)(H,18,19). The van der Waals surface area contributed by atoms with Crippen molar-refractivity contribution in [2.24, 2.45) is 0 Å². The van der Waals surface area contributed by atoms with Gasteiger partial charge in [-0.1, -0.05) is 34.1 Å². The number of nitrogens with zero attached hydrogens (tertiary/aromatic N) is 1. The van der Waals surface area contributed by atoms with Crippen molar-refractivity contribution in [1.82, 2.24) is 10.2 Å². The van der Waals surface area contributed by atoms with Crippen LogP contribution in [0, 0.1) is 0 Å². The first-order valence-electron chi connectivity index (χ1n) is 5.60. The van der Waals surface area contributed by atoms with Gasteiger partial charge in [0.15, 0.2) is 0 Å². The van der Waals surface area contributed by atoms with Crippen molar-refractivity contribution in [1.29, 1.82) is 0 Å². The summed E-state index contributed by atoms with van der Waals surface area (Å²) in [5.41, 5.74) is 0.798. The number of rotatable bonds is 6. The molecule has 0 atom stereocenters. The smallest absolute Gasteiger partial charge is 0.323 e. The zero-order chi connectivity index (χ0) is 15.1. The van der Waals surface area contributed by atoms with Crippen molar-refractivity contribution < 1.29 is 24.6 Å². The number of amides is 2. The quantitative estimate of drug-likeness (QED) is 0.717. The van der Waals surface area contributed by atoms with Gasteiger partial charge in [0.2, 0.25) is 0 Å². The molecule has 0 radical (unpaired) electrons. The van der Waals surface area contributed by atoms with Crippen LogP contribution in [0.4, 0.5) is 4.79 Å². The maximum atomic E-state index is 11.8. The van der Waals surface area contributed by atoms with Crippen LogP contribution in [0.15, 0.2) is 28.7 Å². The highest BCUT2D eigenvalue weighted by molar-refractivity contribution is 9.10. The Bertz CT molecular complexity index is 504. The van der Waals surface area contributed by atoms with Gasteiger partial charge in [0.1, 0.15) is 13.1 Å². The highest BCUT2D eigenvalue weighted by Crippen LogP contribution is 2.15. The predicted octanol–water partition coefficient (Wildman–Crippen LogP) is 1.13. The Kier molecular flexibility index (Phi) is 5.98. The molecule has 0 heterocycles. The zero-order valence-electron chi connectivity index (χ0n) is 10.4. The lowest BCUT2D eigenvalue weighted by Crippen LogP contribution is -2.45. The van der Waals surface area contributed by atoms with Crippen LogP contribution in [0.3, 0.4) is 0 Å². The Morgan fingerprint density at radius 3 is 2.15 bits per heavy atom. The number of benzene rings is 1. The molecule has 1 rings (SSSR count). The Labute approximate surface area is 123 Å². The van der Waals surface area contributed by atoms with E-state index in [1.54, 1.807) is 18.2 Å². The first kappa shape index (κ1) is 16.0. The Morgan fingerprint density at radius 1 is 1.10 bits per heavy atom. The van der Waals surface area contributed by atoms with Crippen LogP contribution in [-0.4, -0.2) is 46.2 Å². The van der Waals surface area contributed by atoms with E-state index in [1.807, 2.05) is 6.07 Å². The van der Waals surface area contributed by atoms with Gasteiger partial charge in [-0.15, -0.1) is 0 Å². The normalized spacial score (nSPS) is 9.85. The average Bonchev–Trinajstić information content (AvgIpc) is 2.35. The third-order valence-corrected chi connectivity index (χ3v) is 3.10. The highest BCUT2D eigenvalue weighted by Gasteiger charge is 2.19. The molecule has 1 aromatic rings. The fourth-order valence-electron chi connectivity index (χ4n) is 1.45. The highest BCUT2D eigenvalue weighted by atomic mass is 79.9. The van der Waals surface area contributed by atoms with Gasteiger partial charge >= 0.3 is 18.0 Å². The van der Waals surface area contributed by atoms with E-state index in [1.165, 1.54) is 0 Å². The van der Waals surface area contributed by atoms with Crippen molar-refractivity contribution in [2.45, 2.75) is 6.54 Å². The molecule has 1 aromatic carbocycles. The molecule has 0 bridgehead atoms. The van der Waals surface area contributed by atoms with E-state index in [-0.39, 0.29) is 6.54 Å². The van der Waals surface area contributed by atoms with Crippen LogP contribution >= 0.6 is 15.9 Å². The molecular weight excluding hydrogens is 332 g/mol.